The largest absolute Gasteiger partial charge is 0.479 e. The Labute approximate surface area is 101 Å². The second-order valence-corrected chi connectivity index (χ2v) is 4.71. The summed E-state index contributed by atoms with van der Waals surface area (Å²) in [6, 6.07) is 0. The van der Waals surface area contributed by atoms with Crippen molar-refractivity contribution in [3.05, 3.63) is 0 Å². The van der Waals surface area contributed by atoms with Crippen LogP contribution in [-0.2, 0) is 9.59 Å². The Morgan fingerprint density at radius 2 is 1.88 bits per heavy atom. The van der Waals surface area contributed by atoms with E-state index in [2.05, 4.69) is 0 Å². The first-order valence-corrected chi connectivity index (χ1v) is 5.76. The van der Waals surface area contributed by atoms with Gasteiger partial charge in [-0.25, -0.2) is 4.79 Å². The highest BCUT2D eigenvalue weighted by Gasteiger charge is 2.32. The van der Waals surface area contributed by atoms with Crippen molar-refractivity contribution in [2.45, 2.75) is 25.9 Å². The van der Waals surface area contributed by atoms with Crippen molar-refractivity contribution in [1.29, 1.82) is 0 Å². The Balaban J connectivity index is 2.52. The normalized spacial score (nSPS) is 21.7. The minimum atomic E-state index is -1.73. The molecule has 1 aliphatic rings. The fourth-order valence-corrected chi connectivity index (χ4v) is 1.95. The molecule has 1 saturated heterocycles. The Bertz CT molecular complexity index is 304. The van der Waals surface area contributed by atoms with Crippen LogP contribution in [-0.4, -0.2) is 70.2 Å². The summed E-state index contributed by atoms with van der Waals surface area (Å²) in [5, 5.41) is 18.5. The number of carbonyl (C=O) groups excluding carboxylic acids is 1. The molecule has 0 bridgehead atoms. The van der Waals surface area contributed by atoms with Crippen molar-refractivity contribution < 1.29 is 19.8 Å². The number of carboxylic acids is 1. The summed E-state index contributed by atoms with van der Waals surface area (Å²) >= 11 is 0. The van der Waals surface area contributed by atoms with Gasteiger partial charge in [-0.05, 0) is 13.3 Å². The lowest BCUT2D eigenvalue weighted by atomic mass is 10.1. The van der Waals surface area contributed by atoms with Crippen molar-refractivity contribution in [3.63, 3.8) is 0 Å². The molecule has 17 heavy (non-hydrogen) atoms. The molecule has 0 spiro atoms. The molecule has 98 valence electrons. The quantitative estimate of drug-likeness (QED) is 0.691. The van der Waals surface area contributed by atoms with Crippen LogP contribution in [0.25, 0.3) is 0 Å². The molecule has 1 heterocycles. The van der Waals surface area contributed by atoms with Gasteiger partial charge in [0, 0.05) is 39.6 Å². The van der Waals surface area contributed by atoms with Crippen molar-refractivity contribution in [3.8, 4) is 0 Å². The van der Waals surface area contributed by atoms with E-state index in [0.29, 0.717) is 26.2 Å². The number of amides is 1. The molecule has 0 aliphatic carbocycles. The van der Waals surface area contributed by atoms with E-state index in [1.54, 1.807) is 4.90 Å². The molecule has 0 aromatic heterocycles. The van der Waals surface area contributed by atoms with Crippen LogP contribution >= 0.6 is 0 Å². The Kier molecular flexibility index (Phi) is 4.47. The molecule has 1 fully saturated rings. The van der Waals surface area contributed by atoms with E-state index in [0.717, 1.165) is 6.42 Å². The SMILES string of the molecule is CC(=O)N1CCCN(CC(C)(O)C(=O)O)CC1. The predicted molar refractivity (Wildman–Crippen MR) is 61.6 cm³/mol. The zero-order valence-electron chi connectivity index (χ0n) is 10.3. The number of hydrogen-bond acceptors (Lipinski definition) is 4. The fourth-order valence-electron chi connectivity index (χ4n) is 1.95. The molecule has 0 aromatic carbocycles. The Morgan fingerprint density at radius 3 is 2.41 bits per heavy atom. The standard InChI is InChI=1S/C11H20N2O4/c1-9(14)13-5-3-4-12(6-7-13)8-11(2,17)10(15)16/h17H,3-8H2,1-2H3,(H,15,16). The van der Waals surface area contributed by atoms with Gasteiger partial charge >= 0.3 is 5.97 Å². The summed E-state index contributed by atoms with van der Waals surface area (Å²) in [7, 11) is 0. The molecule has 2 N–H and O–H groups in total. The molecule has 0 radical (unpaired) electrons. The third-order valence-electron chi connectivity index (χ3n) is 3.03. The third-order valence-corrected chi connectivity index (χ3v) is 3.03. The van der Waals surface area contributed by atoms with Gasteiger partial charge in [0.05, 0.1) is 0 Å². The van der Waals surface area contributed by atoms with Gasteiger partial charge in [-0.3, -0.25) is 9.69 Å². The lowest BCUT2D eigenvalue weighted by Crippen LogP contribution is -2.47. The topological polar surface area (TPSA) is 81.1 Å². The number of hydrogen-bond donors (Lipinski definition) is 2. The number of β-amino-alcohol motifs (C(OH)–C–C–N with tert-alkyl or cyclic N) is 1. The van der Waals surface area contributed by atoms with Crippen molar-refractivity contribution in [2.75, 3.05) is 32.7 Å². The van der Waals surface area contributed by atoms with Crippen LogP contribution in [0.1, 0.15) is 20.3 Å². The summed E-state index contributed by atoms with van der Waals surface area (Å²) in [5.74, 6) is -1.18. The van der Waals surface area contributed by atoms with Gasteiger partial charge in [-0.15, -0.1) is 0 Å². The maximum Gasteiger partial charge on any atom is 0.336 e. The maximum atomic E-state index is 11.2. The van der Waals surface area contributed by atoms with Crippen LogP contribution in [0.4, 0.5) is 0 Å². The number of carboxylic acid groups (broad SMARTS) is 1. The highest BCUT2D eigenvalue weighted by Crippen LogP contribution is 2.10. The van der Waals surface area contributed by atoms with Crippen molar-refractivity contribution in [1.82, 2.24) is 9.80 Å². The summed E-state index contributed by atoms with van der Waals surface area (Å²) < 4.78 is 0. The van der Waals surface area contributed by atoms with Gasteiger partial charge in [-0.1, -0.05) is 0 Å². The molecule has 0 aromatic rings. The number of rotatable bonds is 3. The summed E-state index contributed by atoms with van der Waals surface area (Å²) in [6.45, 7) is 5.50. The molecule has 1 amide bonds. The molecule has 1 rings (SSSR count). The van der Waals surface area contributed by atoms with E-state index in [1.165, 1.54) is 13.8 Å². The van der Waals surface area contributed by atoms with Gasteiger partial charge in [0.2, 0.25) is 5.91 Å². The monoisotopic (exact) mass is 244 g/mol. The molecule has 6 heteroatoms. The first kappa shape index (κ1) is 13.9. The van der Waals surface area contributed by atoms with E-state index in [1.807, 2.05) is 4.90 Å². The van der Waals surface area contributed by atoms with Crippen LogP contribution in [0.5, 0.6) is 0 Å². The first-order valence-electron chi connectivity index (χ1n) is 5.76. The van der Waals surface area contributed by atoms with E-state index in [-0.39, 0.29) is 12.5 Å². The minimum Gasteiger partial charge on any atom is -0.479 e. The molecule has 6 nitrogen and oxygen atoms in total. The molecule has 1 unspecified atom stereocenters. The van der Waals surface area contributed by atoms with Gasteiger partial charge in [-0.2, -0.15) is 0 Å². The van der Waals surface area contributed by atoms with E-state index >= 15 is 0 Å². The number of aliphatic hydroxyl groups is 1. The second-order valence-electron chi connectivity index (χ2n) is 4.71. The molecular weight excluding hydrogens is 224 g/mol. The van der Waals surface area contributed by atoms with Crippen molar-refractivity contribution in [2.24, 2.45) is 0 Å². The predicted octanol–water partition coefficient (Wildman–Crippen LogP) is -0.624. The van der Waals surface area contributed by atoms with Crippen LogP contribution in [0.2, 0.25) is 0 Å². The van der Waals surface area contributed by atoms with Gasteiger partial charge < -0.3 is 15.1 Å². The molecule has 1 aliphatic heterocycles. The van der Waals surface area contributed by atoms with Gasteiger partial charge in [0.25, 0.3) is 0 Å². The van der Waals surface area contributed by atoms with E-state index < -0.39 is 11.6 Å². The maximum absolute atomic E-state index is 11.2. The summed E-state index contributed by atoms with van der Waals surface area (Å²) in [6.07, 6.45) is 0.801. The third kappa shape index (κ3) is 3.98. The van der Waals surface area contributed by atoms with Crippen molar-refractivity contribution >= 4 is 11.9 Å². The lowest BCUT2D eigenvalue weighted by molar-refractivity contribution is -0.158. The smallest absolute Gasteiger partial charge is 0.336 e. The second kappa shape index (κ2) is 5.46. The van der Waals surface area contributed by atoms with Gasteiger partial charge in [0.15, 0.2) is 5.60 Å². The average molecular weight is 244 g/mol. The Morgan fingerprint density at radius 1 is 1.24 bits per heavy atom. The molecular formula is C11H20N2O4. The zero-order chi connectivity index (χ0) is 13.1. The lowest BCUT2D eigenvalue weighted by Gasteiger charge is -2.27. The number of aliphatic carboxylic acids is 1. The highest BCUT2D eigenvalue weighted by atomic mass is 16.4. The Hall–Kier alpha value is -1.14. The van der Waals surface area contributed by atoms with E-state index in [4.69, 9.17) is 5.11 Å². The highest BCUT2D eigenvalue weighted by molar-refractivity contribution is 5.76. The van der Waals surface area contributed by atoms with Crippen LogP contribution < -0.4 is 0 Å². The fraction of sp³-hybridized carbons (Fsp3) is 0.818. The van der Waals surface area contributed by atoms with Gasteiger partial charge in [0.1, 0.15) is 0 Å². The van der Waals surface area contributed by atoms with Crippen LogP contribution in [0.15, 0.2) is 0 Å². The van der Waals surface area contributed by atoms with Crippen LogP contribution in [0, 0.1) is 0 Å². The minimum absolute atomic E-state index is 0.0387. The summed E-state index contributed by atoms with van der Waals surface area (Å²) in [4.78, 5) is 25.7. The first-order chi connectivity index (χ1) is 7.83. The number of nitrogens with zero attached hydrogens (tertiary/aromatic N) is 2. The zero-order valence-corrected chi connectivity index (χ0v) is 10.3. The molecule has 1 atom stereocenters. The van der Waals surface area contributed by atoms with E-state index in [9.17, 15) is 14.7 Å². The number of carbonyl (C=O) groups is 2. The summed E-state index contributed by atoms with van der Waals surface area (Å²) in [5.41, 5.74) is -1.73. The average Bonchev–Trinajstić information content (AvgIpc) is 2.42. The van der Waals surface area contributed by atoms with Crippen LogP contribution in [0.3, 0.4) is 0 Å². The molecule has 0 saturated carbocycles.